The first-order valence-electron chi connectivity index (χ1n) is 7.36. The van der Waals surface area contributed by atoms with E-state index in [2.05, 4.69) is 10.6 Å². The van der Waals surface area contributed by atoms with Crippen LogP contribution in [0.4, 0.5) is 5.69 Å². The largest absolute Gasteiger partial charge is 0.493 e. The first kappa shape index (κ1) is 17.3. The molecule has 2 aromatic carbocycles. The summed E-state index contributed by atoms with van der Waals surface area (Å²) >= 11 is 0. The zero-order valence-electron chi connectivity index (χ0n) is 14.1. The summed E-state index contributed by atoms with van der Waals surface area (Å²) in [4.78, 5) is 24.2. The van der Waals surface area contributed by atoms with Gasteiger partial charge in [0.05, 0.1) is 14.2 Å². The van der Waals surface area contributed by atoms with Gasteiger partial charge < -0.3 is 20.1 Å². The molecule has 0 spiro atoms. The maximum atomic E-state index is 12.5. The van der Waals surface area contributed by atoms with Crippen LogP contribution in [0.3, 0.4) is 0 Å². The topological polar surface area (TPSA) is 76.7 Å². The molecule has 0 bridgehead atoms. The predicted octanol–water partition coefficient (Wildman–Crippen LogP) is 2.62. The van der Waals surface area contributed by atoms with Gasteiger partial charge in [-0.2, -0.15) is 0 Å². The zero-order valence-corrected chi connectivity index (χ0v) is 14.1. The van der Waals surface area contributed by atoms with Crippen molar-refractivity contribution in [3.05, 3.63) is 53.1 Å². The standard InChI is InChI=1S/C18H20N2O4/c1-11-8-15(23-3)16(24-4)10-14(11)18(22)20-13-7-5-6-12(9-13)17(21)19-2/h5-10H,1-4H3,(H,19,21)(H,20,22). The number of anilines is 1. The lowest BCUT2D eigenvalue weighted by atomic mass is 10.1. The average molecular weight is 328 g/mol. The molecule has 0 fully saturated rings. The van der Waals surface area contributed by atoms with Gasteiger partial charge in [0.25, 0.3) is 11.8 Å². The lowest BCUT2D eigenvalue weighted by molar-refractivity contribution is 0.0961. The van der Waals surface area contributed by atoms with Crippen molar-refractivity contribution in [3.8, 4) is 11.5 Å². The second-order valence-corrected chi connectivity index (χ2v) is 5.14. The van der Waals surface area contributed by atoms with Crippen molar-refractivity contribution in [3.63, 3.8) is 0 Å². The maximum Gasteiger partial charge on any atom is 0.256 e. The average Bonchev–Trinajstić information content (AvgIpc) is 2.60. The van der Waals surface area contributed by atoms with Gasteiger partial charge >= 0.3 is 0 Å². The predicted molar refractivity (Wildman–Crippen MR) is 92.1 cm³/mol. The summed E-state index contributed by atoms with van der Waals surface area (Å²) in [6, 6.07) is 10.1. The van der Waals surface area contributed by atoms with Crippen molar-refractivity contribution >= 4 is 17.5 Å². The number of carbonyl (C=O) groups is 2. The second-order valence-electron chi connectivity index (χ2n) is 5.14. The first-order valence-corrected chi connectivity index (χ1v) is 7.36. The normalized spacial score (nSPS) is 10.0. The van der Waals surface area contributed by atoms with E-state index in [0.717, 1.165) is 5.56 Å². The van der Waals surface area contributed by atoms with Gasteiger partial charge in [0.15, 0.2) is 11.5 Å². The minimum Gasteiger partial charge on any atom is -0.493 e. The molecule has 2 rings (SSSR count). The molecule has 0 atom stereocenters. The zero-order chi connectivity index (χ0) is 17.7. The number of hydrogen-bond acceptors (Lipinski definition) is 4. The van der Waals surface area contributed by atoms with Gasteiger partial charge in [0.2, 0.25) is 0 Å². The molecule has 126 valence electrons. The third kappa shape index (κ3) is 3.65. The summed E-state index contributed by atoms with van der Waals surface area (Å²) in [5.41, 5.74) is 2.24. The summed E-state index contributed by atoms with van der Waals surface area (Å²) in [5.74, 6) is 0.538. The van der Waals surface area contributed by atoms with Crippen LogP contribution in [0.15, 0.2) is 36.4 Å². The number of amides is 2. The monoisotopic (exact) mass is 328 g/mol. The highest BCUT2D eigenvalue weighted by Crippen LogP contribution is 2.30. The van der Waals surface area contributed by atoms with E-state index in [-0.39, 0.29) is 11.8 Å². The molecule has 0 saturated carbocycles. The highest BCUT2D eigenvalue weighted by Gasteiger charge is 2.15. The van der Waals surface area contributed by atoms with E-state index in [1.165, 1.54) is 7.11 Å². The van der Waals surface area contributed by atoms with Crippen LogP contribution in [-0.4, -0.2) is 33.1 Å². The number of aryl methyl sites for hydroxylation is 1. The molecule has 0 saturated heterocycles. The van der Waals surface area contributed by atoms with Gasteiger partial charge in [-0.3, -0.25) is 9.59 Å². The van der Waals surface area contributed by atoms with Gasteiger partial charge in [-0.15, -0.1) is 0 Å². The third-order valence-corrected chi connectivity index (χ3v) is 3.58. The number of ether oxygens (including phenoxy) is 2. The minimum atomic E-state index is -0.289. The Morgan fingerprint density at radius 2 is 1.62 bits per heavy atom. The Hall–Kier alpha value is -3.02. The SMILES string of the molecule is CNC(=O)c1cccc(NC(=O)c2cc(OC)c(OC)cc2C)c1. The summed E-state index contributed by atoms with van der Waals surface area (Å²) in [5, 5.41) is 5.34. The van der Waals surface area contributed by atoms with Gasteiger partial charge in [-0.05, 0) is 42.8 Å². The van der Waals surface area contributed by atoms with Crippen LogP contribution in [0.5, 0.6) is 11.5 Å². The lowest BCUT2D eigenvalue weighted by Crippen LogP contribution is -2.18. The Morgan fingerprint density at radius 3 is 2.25 bits per heavy atom. The Bertz CT molecular complexity index is 772. The van der Waals surface area contributed by atoms with Crippen molar-refractivity contribution in [2.24, 2.45) is 0 Å². The minimum absolute atomic E-state index is 0.214. The number of carbonyl (C=O) groups excluding carboxylic acids is 2. The van der Waals surface area contributed by atoms with Crippen LogP contribution < -0.4 is 20.1 Å². The number of nitrogens with one attached hydrogen (secondary N) is 2. The second kappa shape index (κ2) is 7.50. The summed E-state index contributed by atoms with van der Waals surface area (Å²) in [7, 11) is 4.61. The molecule has 0 radical (unpaired) electrons. The van der Waals surface area contributed by atoms with Gasteiger partial charge in [0.1, 0.15) is 0 Å². The van der Waals surface area contributed by atoms with E-state index >= 15 is 0 Å². The fraction of sp³-hybridized carbons (Fsp3) is 0.222. The molecule has 6 nitrogen and oxygen atoms in total. The highest BCUT2D eigenvalue weighted by atomic mass is 16.5. The number of benzene rings is 2. The molecule has 6 heteroatoms. The molecular formula is C18H20N2O4. The summed E-state index contributed by atoms with van der Waals surface area (Å²) < 4.78 is 10.5. The van der Waals surface area contributed by atoms with E-state index in [9.17, 15) is 9.59 Å². The Labute approximate surface area is 140 Å². The van der Waals surface area contributed by atoms with Gasteiger partial charge in [0, 0.05) is 23.9 Å². The quantitative estimate of drug-likeness (QED) is 0.884. The van der Waals surface area contributed by atoms with E-state index in [1.807, 2.05) is 6.92 Å². The van der Waals surface area contributed by atoms with Crippen molar-refractivity contribution in [1.29, 1.82) is 0 Å². The molecule has 2 amide bonds. The van der Waals surface area contributed by atoms with E-state index in [0.29, 0.717) is 28.3 Å². The van der Waals surface area contributed by atoms with Crippen LogP contribution in [0.1, 0.15) is 26.3 Å². The van der Waals surface area contributed by atoms with E-state index < -0.39 is 0 Å². The molecule has 0 unspecified atom stereocenters. The van der Waals surface area contributed by atoms with Crippen LogP contribution in [-0.2, 0) is 0 Å². The molecular weight excluding hydrogens is 308 g/mol. The maximum absolute atomic E-state index is 12.5. The number of methoxy groups -OCH3 is 2. The van der Waals surface area contributed by atoms with Crippen molar-refractivity contribution < 1.29 is 19.1 Å². The number of hydrogen-bond donors (Lipinski definition) is 2. The Morgan fingerprint density at radius 1 is 0.958 bits per heavy atom. The fourth-order valence-electron chi connectivity index (χ4n) is 2.31. The lowest BCUT2D eigenvalue weighted by Gasteiger charge is -2.13. The Kier molecular flexibility index (Phi) is 5.42. The number of rotatable bonds is 5. The third-order valence-electron chi connectivity index (χ3n) is 3.58. The van der Waals surface area contributed by atoms with Crippen LogP contribution >= 0.6 is 0 Å². The summed E-state index contributed by atoms with van der Waals surface area (Å²) in [6.45, 7) is 1.82. The van der Waals surface area contributed by atoms with E-state index in [1.54, 1.807) is 50.6 Å². The smallest absolute Gasteiger partial charge is 0.256 e. The molecule has 0 aromatic heterocycles. The molecule has 24 heavy (non-hydrogen) atoms. The van der Waals surface area contributed by atoms with Gasteiger partial charge in [-0.25, -0.2) is 0 Å². The molecule has 0 aliphatic carbocycles. The van der Waals surface area contributed by atoms with Crippen molar-refractivity contribution in [2.75, 3.05) is 26.6 Å². The fourth-order valence-corrected chi connectivity index (χ4v) is 2.31. The molecule has 2 aromatic rings. The molecule has 0 aliphatic heterocycles. The van der Waals surface area contributed by atoms with Crippen molar-refractivity contribution in [2.45, 2.75) is 6.92 Å². The van der Waals surface area contributed by atoms with Crippen molar-refractivity contribution in [1.82, 2.24) is 5.32 Å². The molecule has 0 aliphatic rings. The van der Waals surface area contributed by atoms with Crippen LogP contribution in [0, 0.1) is 6.92 Å². The molecule has 2 N–H and O–H groups in total. The molecule has 0 heterocycles. The first-order chi connectivity index (χ1) is 11.5. The van der Waals surface area contributed by atoms with Crippen LogP contribution in [0.25, 0.3) is 0 Å². The summed E-state index contributed by atoms with van der Waals surface area (Å²) in [6.07, 6.45) is 0. The van der Waals surface area contributed by atoms with E-state index in [4.69, 9.17) is 9.47 Å². The Balaban J connectivity index is 2.29. The van der Waals surface area contributed by atoms with Gasteiger partial charge in [-0.1, -0.05) is 6.07 Å². The van der Waals surface area contributed by atoms with Crippen LogP contribution in [0.2, 0.25) is 0 Å². The highest BCUT2D eigenvalue weighted by molar-refractivity contribution is 6.06.